The van der Waals surface area contributed by atoms with Crippen LogP contribution in [-0.4, -0.2) is 31.1 Å². The molecule has 17 heavy (non-hydrogen) atoms. The Balaban J connectivity index is 2.91. The van der Waals surface area contributed by atoms with Crippen LogP contribution in [-0.2, 0) is 10.0 Å². The van der Waals surface area contributed by atoms with Crippen molar-refractivity contribution >= 4 is 60.5 Å². The van der Waals surface area contributed by atoms with Crippen molar-refractivity contribution in [1.82, 2.24) is 4.31 Å². The smallest absolute Gasteiger partial charge is 0.207 e. The molecule has 1 atom stereocenters. The standard InChI is InChI=1S/C9H12BrCl2NO2S2/c1-6(10)3-4-13(2)17(14,15)7-5-8(11)16-9(7)12/h5-6H,3-4H2,1-2H3. The van der Waals surface area contributed by atoms with Crippen molar-refractivity contribution in [2.75, 3.05) is 13.6 Å². The van der Waals surface area contributed by atoms with Gasteiger partial charge in [0.2, 0.25) is 10.0 Å². The number of halogens is 3. The Labute approximate surface area is 124 Å². The van der Waals surface area contributed by atoms with E-state index in [-0.39, 0.29) is 14.1 Å². The molecule has 1 heterocycles. The first-order chi connectivity index (χ1) is 7.75. The van der Waals surface area contributed by atoms with Gasteiger partial charge in [-0.2, -0.15) is 0 Å². The van der Waals surface area contributed by atoms with Gasteiger partial charge < -0.3 is 0 Å². The minimum Gasteiger partial charge on any atom is -0.207 e. The summed E-state index contributed by atoms with van der Waals surface area (Å²) in [5.41, 5.74) is 0. The Hall–Kier alpha value is 0.670. The van der Waals surface area contributed by atoms with E-state index in [0.29, 0.717) is 10.9 Å². The van der Waals surface area contributed by atoms with Gasteiger partial charge in [0.1, 0.15) is 9.23 Å². The zero-order chi connectivity index (χ0) is 13.2. The van der Waals surface area contributed by atoms with Crippen LogP contribution in [0.15, 0.2) is 11.0 Å². The summed E-state index contributed by atoms with van der Waals surface area (Å²) in [6.45, 7) is 2.40. The summed E-state index contributed by atoms with van der Waals surface area (Å²) in [4.78, 5) is 0.348. The number of hydrogen-bond donors (Lipinski definition) is 0. The van der Waals surface area contributed by atoms with Crippen molar-refractivity contribution in [3.8, 4) is 0 Å². The van der Waals surface area contributed by atoms with Gasteiger partial charge >= 0.3 is 0 Å². The van der Waals surface area contributed by atoms with Crippen molar-refractivity contribution in [2.45, 2.75) is 23.1 Å². The number of rotatable bonds is 5. The van der Waals surface area contributed by atoms with E-state index in [0.717, 1.165) is 17.8 Å². The zero-order valence-corrected chi connectivity index (χ0v) is 14.0. The van der Waals surface area contributed by atoms with Gasteiger partial charge in [-0.25, -0.2) is 12.7 Å². The highest BCUT2D eigenvalue weighted by Gasteiger charge is 2.25. The third-order valence-electron chi connectivity index (χ3n) is 2.16. The van der Waals surface area contributed by atoms with Crippen LogP contribution in [0.25, 0.3) is 0 Å². The highest BCUT2D eigenvalue weighted by Crippen LogP contribution is 2.35. The van der Waals surface area contributed by atoms with Gasteiger partial charge in [0, 0.05) is 18.4 Å². The molecular weight excluding hydrogens is 369 g/mol. The lowest BCUT2D eigenvalue weighted by Gasteiger charge is -2.17. The second-order valence-electron chi connectivity index (χ2n) is 3.58. The molecule has 0 saturated heterocycles. The third-order valence-corrected chi connectivity index (χ3v) is 6.22. The summed E-state index contributed by atoms with van der Waals surface area (Å²) < 4.78 is 26.2. The van der Waals surface area contributed by atoms with E-state index >= 15 is 0 Å². The summed E-state index contributed by atoms with van der Waals surface area (Å²) in [5.74, 6) is 0. The van der Waals surface area contributed by atoms with Gasteiger partial charge in [-0.15, -0.1) is 11.3 Å². The van der Waals surface area contributed by atoms with Crippen molar-refractivity contribution in [3.05, 3.63) is 14.7 Å². The average Bonchev–Trinajstić information content (AvgIpc) is 2.54. The molecule has 0 aliphatic heterocycles. The van der Waals surface area contributed by atoms with Crippen LogP contribution in [0.4, 0.5) is 0 Å². The molecule has 0 aromatic carbocycles. The lowest BCUT2D eigenvalue weighted by molar-refractivity contribution is 0.462. The molecule has 1 unspecified atom stereocenters. The fraction of sp³-hybridized carbons (Fsp3) is 0.556. The lowest BCUT2D eigenvalue weighted by Crippen LogP contribution is -2.28. The predicted molar refractivity (Wildman–Crippen MR) is 77.2 cm³/mol. The first-order valence-corrected chi connectivity index (χ1v) is 8.73. The van der Waals surface area contributed by atoms with Crippen molar-refractivity contribution < 1.29 is 8.42 Å². The molecule has 1 rings (SSSR count). The van der Waals surface area contributed by atoms with Crippen LogP contribution in [0, 0.1) is 0 Å². The zero-order valence-electron chi connectivity index (χ0n) is 9.28. The van der Waals surface area contributed by atoms with E-state index < -0.39 is 10.0 Å². The first kappa shape index (κ1) is 15.7. The number of sulfonamides is 1. The van der Waals surface area contributed by atoms with Crippen molar-refractivity contribution in [2.24, 2.45) is 0 Å². The topological polar surface area (TPSA) is 37.4 Å². The van der Waals surface area contributed by atoms with Gasteiger partial charge in [0.15, 0.2) is 0 Å². The van der Waals surface area contributed by atoms with Crippen LogP contribution in [0.2, 0.25) is 8.67 Å². The summed E-state index contributed by atoms with van der Waals surface area (Å²) in [5, 5.41) is 0. The Kier molecular flexibility index (Phi) is 5.75. The molecule has 0 amide bonds. The van der Waals surface area contributed by atoms with Crippen LogP contribution < -0.4 is 0 Å². The van der Waals surface area contributed by atoms with Gasteiger partial charge in [0.05, 0.1) is 4.34 Å². The molecule has 0 aliphatic carbocycles. The van der Waals surface area contributed by atoms with Crippen LogP contribution in [0.1, 0.15) is 13.3 Å². The van der Waals surface area contributed by atoms with Crippen LogP contribution >= 0.6 is 50.5 Å². The quantitative estimate of drug-likeness (QED) is 0.727. The number of thiophene rings is 1. The molecule has 0 bridgehead atoms. The molecule has 0 aliphatic rings. The van der Waals surface area contributed by atoms with Gasteiger partial charge in [-0.1, -0.05) is 46.1 Å². The van der Waals surface area contributed by atoms with Crippen molar-refractivity contribution in [1.29, 1.82) is 0 Å². The highest BCUT2D eigenvalue weighted by molar-refractivity contribution is 9.09. The molecule has 0 radical (unpaired) electrons. The van der Waals surface area contributed by atoms with E-state index in [1.165, 1.54) is 17.4 Å². The second-order valence-corrected chi connectivity index (χ2v) is 9.45. The lowest BCUT2D eigenvalue weighted by atomic mass is 10.3. The fourth-order valence-electron chi connectivity index (χ4n) is 1.15. The normalized spacial score (nSPS) is 14.2. The molecule has 98 valence electrons. The summed E-state index contributed by atoms with van der Waals surface area (Å²) >= 11 is 16.0. The molecule has 0 saturated carbocycles. The van der Waals surface area contributed by atoms with E-state index in [1.807, 2.05) is 6.92 Å². The third kappa shape index (κ3) is 4.08. The number of hydrogen-bond acceptors (Lipinski definition) is 3. The second kappa shape index (κ2) is 6.21. The highest BCUT2D eigenvalue weighted by atomic mass is 79.9. The average molecular weight is 381 g/mol. The van der Waals surface area contributed by atoms with E-state index in [4.69, 9.17) is 23.2 Å². The first-order valence-electron chi connectivity index (χ1n) is 4.80. The number of nitrogens with zero attached hydrogens (tertiary/aromatic N) is 1. The summed E-state index contributed by atoms with van der Waals surface area (Å²) in [6, 6.07) is 1.39. The van der Waals surface area contributed by atoms with E-state index in [1.54, 1.807) is 0 Å². The molecule has 8 heteroatoms. The van der Waals surface area contributed by atoms with Gasteiger partial charge in [-0.05, 0) is 12.5 Å². The monoisotopic (exact) mass is 379 g/mol. The molecule has 3 nitrogen and oxygen atoms in total. The van der Waals surface area contributed by atoms with Crippen molar-refractivity contribution in [3.63, 3.8) is 0 Å². The maximum absolute atomic E-state index is 12.2. The summed E-state index contributed by atoms with van der Waals surface area (Å²) in [6.07, 6.45) is 0.727. The summed E-state index contributed by atoms with van der Waals surface area (Å²) in [7, 11) is -2.00. The largest absolute Gasteiger partial charge is 0.245 e. The van der Waals surface area contributed by atoms with Crippen LogP contribution in [0.3, 0.4) is 0 Å². The SMILES string of the molecule is CC(Br)CCN(C)S(=O)(=O)c1cc(Cl)sc1Cl. The van der Waals surface area contributed by atoms with Gasteiger partial charge in [0.25, 0.3) is 0 Å². The van der Waals surface area contributed by atoms with E-state index in [2.05, 4.69) is 15.9 Å². The predicted octanol–water partition coefficient (Wildman–Crippen LogP) is 3.85. The Morgan fingerprint density at radius 3 is 2.53 bits per heavy atom. The minimum absolute atomic E-state index is 0.0823. The fourth-order valence-corrected chi connectivity index (χ4v) is 4.65. The molecule has 0 fully saturated rings. The Morgan fingerprint density at radius 2 is 2.12 bits per heavy atom. The number of alkyl halides is 1. The maximum atomic E-state index is 12.2. The minimum atomic E-state index is -3.54. The molecule has 0 N–H and O–H groups in total. The molecule has 0 spiro atoms. The maximum Gasteiger partial charge on any atom is 0.245 e. The van der Waals surface area contributed by atoms with E-state index in [9.17, 15) is 8.42 Å². The molecular formula is C9H12BrCl2NO2S2. The Bertz CT molecular complexity index is 487. The molecule has 1 aromatic heterocycles. The molecule has 1 aromatic rings. The van der Waals surface area contributed by atoms with Crippen LogP contribution in [0.5, 0.6) is 0 Å². The van der Waals surface area contributed by atoms with Gasteiger partial charge in [-0.3, -0.25) is 0 Å². The Morgan fingerprint density at radius 1 is 1.53 bits per heavy atom.